The summed E-state index contributed by atoms with van der Waals surface area (Å²) in [6.07, 6.45) is 7.53. The van der Waals surface area contributed by atoms with Crippen LogP contribution in [0.15, 0.2) is 0 Å². The number of hydrogen-bond donors (Lipinski definition) is 2. The predicted octanol–water partition coefficient (Wildman–Crippen LogP) is 1.53. The molecule has 3 unspecified atom stereocenters. The molecule has 19 heavy (non-hydrogen) atoms. The third-order valence-corrected chi connectivity index (χ3v) is 4.51. The van der Waals surface area contributed by atoms with Gasteiger partial charge in [0, 0.05) is 13.1 Å². The summed E-state index contributed by atoms with van der Waals surface area (Å²) in [6.45, 7) is 4.67. The van der Waals surface area contributed by atoms with E-state index in [0.29, 0.717) is 5.92 Å². The van der Waals surface area contributed by atoms with Gasteiger partial charge in [0.15, 0.2) is 0 Å². The SMILES string of the molecule is CC(NCC1CCCC(O)C1)C(=O)N1CCCCC1. The van der Waals surface area contributed by atoms with Crippen molar-refractivity contribution < 1.29 is 9.90 Å². The number of aliphatic hydroxyl groups is 1. The van der Waals surface area contributed by atoms with Crippen LogP contribution in [0.3, 0.4) is 0 Å². The van der Waals surface area contributed by atoms with E-state index in [1.807, 2.05) is 11.8 Å². The Kier molecular flexibility index (Phi) is 5.64. The summed E-state index contributed by atoms with van der Waals surface area (Å²) in [7, 11) is 0. The second-order valence-corrected chi connectivity index (χ2v) is 6.20. The zero-order valence-corrected chi connectivity index (χ0v) is 12.1. The first-order valence-electron chi connectivity index (χ1n) is 7.87. The molecule has 110 valence electrons. The Morgan fingerprint density at radius 3 is 2.68 bits per heavy atom. The number of aliphatic hydroxyl groups excluding tert-OH is 1. The van der Waals surface area contributed by atoms with Crippen LogP contribution < -0.4 is 5.32 Å². The van der Waals surface area contributed by atoms with Gasteiger partial charge in [-0.25, -0.2) is 0 Å². The fourth-order valence-corrected chi connectivity index (χ4v) is 3.27. The molecule has 1 saturated carbocycles. The number of likely N-dealkylation sites (tertiary alicyclic amines) is 1. The molecule has 0 spiro atoms. The van der Waals surface area contributed by atoms with Gasteiger partial charge in [-0.3, -0.25) is 4.79 Å². The summed E-state index contributed by atoms with van der Waals surface area (Å²) in [5.41, 5.74) is 0. The zero-order chi connectivity index (χ0) is 13.7. The second kappa shape index (κ2) is 7.25. The van der Waals surface area contributed by atoms with E-state index in [0.717, 1.165) is 51.7 Å². The molecular formula is C15H28N2O2. The molecular weight excluding hydrogens is 240 g/mol. The Morgan fingerprint density at radius 1 is 1.26 bits per heavy atom. The fraction of sp³-hybridized carbons (Fsp3) is 0.933. The average molecular weight is 268 g/mol. The van der Waals surface area contributed by atoms with Crippen LogP contribution in [0.1, 0.15) is 51.9 Å². The fourth-order valence-electron chi connectivity index (χ4n) is 3.27. The normalized spacial score (nSPS) is 30.1. The minimum absolute atomic E-state index is 0.0860. The van der Waals surface area contributed by atoms with Gasteiger partial charge in [-0.1, -0.05) is 6.42 Å². The molecule has 2 aliphatic rings. The van der Waals surface area contributed by atoms with E-state index in [4.69, 9.17) is 0 Å². The van der Waals surface area contributed by atoms with Crippen LogP contribution in [0.4, 0.5) is 0 Å². The number of amides is 1. The highest BCUT2D eigenvalue weighted by Crippen LogP contribution is 2.23. The Bertz CT molecular complexity index is 290. The van der Waals surface area contributed by atoms with Crippen molar-refractivity contribution in [2.24, 2.45) is 5.92 Å². The molecule has 0 bridgehead atoms. The molecule has 2 rings (SSSR count). The van der Waals surface area contributed by atoms with Crippen molar-refractivity contribution in [2.45, 2.75) is 64.0 Å². The molecule has 4 heteroatoms. The number of rotatable bonds is 4. The summed E-state index contributed by atoms with van der Waals surface area (Å²) < 4.78 is 0. The maximum atomic E-state index is 12.2. The third-order valence-electron chi connectivity index (χ3n) is 4.51. The van der Waals surface area contributed by atoms with Crippen molar-refractivity contribution in [2.75, 3.05) is 19.6 Å². The molecule has 2 N–H and O–H groups in total. The van der Waals surface area contributed by atoms with E-state index in [1.165, 1.54) is 12.8 Å². The number of carbonyl (C=O) groups is 1. The van der Waals surface area contributed by atoms with Crippen molar-refractivity contribution >= 4 is 5.91 Å². The number of hydrogen-bond acceptors (Lipinski definition) is 3. The Balaban J connectivity index is 1.70. The van der Waals surface area contributed by atoms with Crippen molar-refractivity contribution in [3.05, 3.63) is 0 Å². The molecule has 1 heterocycles. The van der Waals surface area contributed by atoms with Crippen molar-refractivity contribution in [3.8, 4) is 0 Å². The van der Waals surface area contributed by atoms with Crippen LogP contribution in [-0.2, 0) is 4.79 Å². The van der Waals surface area contributed by atoms with Gasteiger partial charge in [0.2, 0.25) is 5.91 Å². The van der Waals surface area contributed by atoms with Crippen LogP contribution >= 0.6 is 0 Å². The van der Waals surface area contributed by atoms with Crippen molar-refractivity contribution in [1.82, 2.24) is 10.2 Å². The first-order valence-corrected chi connectivity index (χ1v) is 7.87. The number of carbonyl (C=O) groups excluding carboxylic acids is 1. The molecule has 0 aromatic heterocycles. The van der Waals surface area contributed by atoms with E-state index in [1.54, 1.807) is 0 Å². The smallest absolute Gasteiger partial charge is 0.239 e. The third kappa shape index (κ3) is 4.46. The minimum atomic E-state index is -0.131. The highest BCUT2D eigenvalue weighted by molar-refractivity contribution is 5.81. The van der Waals surface area contributed by atoms with Crippen LogP contribution in [0.2, 0.25) is 0 Å². The molecule has 0 aromatic rings. The van der Waals surface area contributed by atoms with E-state index in [9.17, 15) is 9.90 Å². The van der Waals surface area contributed by atoms with Crippen LogP contribution in [0, 0.1) is 5.92 Å². The largest absolute Gasteiger partial charge is 0.393 e. The molecule has 1 aliphatic carbocycles. The van der Waals surface area contributed by atoms with E-state index >= 15 is 0 Å². The zero-order valence-electron chi connectivity index (χ0n) is 12.1. The second-order valence-electron chi connectivity index (χ2n) is 6.20. The van der Waals surface area contributed by atoms with E-state index in [2.05, 4.69) is 5.32 Å². The highest BCUT2D eigenvalue weighted by atomic mass is 16.3. The molecule has 3 atom stereocenters. The summed E-state index contributed by atoms with van der Waals surface area (Å²) in [6, 6.07) is -0.0860. The molecule has 2 fully saturated rings. The van der Waals surface area contributed by atoms with E-state index in [-0.39, 0.29) is 18.1 Å². The Hall–Kier alpha value is -0.610. The van der Waals surface area contributed by atoms with Gasteiger partial charge in [0.1, 0.15) is 0 Å². The summed E-state index contributed by atoms with van der Waals surface area (Å²) in [5, 5.41) is 13.0. The maximum Gasteiger partial charge on any atom is 0.239 e. The molecule has 4 nitrogen and oxygen atoms in total. The highest BCUT2D eigenvalue weighted by Gasteiger charge is 2.24. The van der Waals surface area contributed by atoms with Gasteiger partial charge in [-0.2, -0.15) is 0 Å². The average Bonchev–Trinajstić information content (AvgIpc) is 2.45. The Labute approximate surface area is 116 Å². The molecule has 1 amide bonds. The van der Waals surface area contributed by atoms with E-state index < -0.39 is 0 Å². The minimum Gasteiger partial charge on any atom is -0.393 e. The summed E-state index contributed by atoms with van der Waals surface area (Å²) in [4.78, 5) is 14.2. The number of nitrogens with zero attached hydrogens (tertiary/aromatic N) is 1. The van der Waals surface area contributed by atoms with Gasteiger partial charge in [0.25, 0.3) is 0 Å². The number of nitrogens with one attached hydrogen (secondary N) is 1. The van der Waals surface area contributed by atoms with Gasteiger partial charge < -0.3 is 15.3 Å². The van der Waals surface area contributed by atoms with Crippen molar-refractivity contribution in [3.63, 3.8) is 0 Å². The lowest BCUT2D eigenvalue weighted by atomic mass is 9.87. The lowest BCUT2D eigenvalue weighted by Crippen LogP contribution is -2.48. The lowest BCUT2D eigenvalue weighted by Gasteiger charge is -2.31. The van der Waals surface area contributed by atoms with Crippen LogP contribution in [-0.4, -0.2) is 47.7 Å². The molecule has 1 saturated heterocycles. The van der Waals surface area contributed by atoms with Gasteiger partial charge >= 0.3 is 0 Å². The molecule has 0 aromatic carbocycles. The van der Waals surface area contributed by atoms with Crippen LogP contribution in [0.25, 0.3) is 0 Å². The number of piperidine rings is 1. The monoisotopic (exact) mass is 268 g/mol. The summed E-state index contributed by atoms with van der Waals surface area (Å²) >= 11 is 0. The van der Waals surface area contributed by atoms with Crippen LogP contribution in [0.5, 0.6) is 0 Å². The summed E-state index contributed by atoms with van der Waals surface area (Å²) in [5.74, 6) is 0.774. The maximum absolute atomic E-state index is 12.2. The lowest BCUT2D eigenvalue weighted by molar-refractivity contribution is -0.134. The first kappa shape index (κ1) is 14.8. The van der Waals surface area contributed by atoms with Crippen molar-refractivity contribution in [1.29, 1.82) is 0 Å². The topological polar surface area (TPSA) is 52.6 Å². The molecule has 1 aliphatic heterocycles. The molecule has 0 radical (unpaired) electrons. The predicted molar refractivity (Wildman–Crippen MR) is 75.9 cm³/mol. The van der Waals surface area contributed by atoms with Gasteiger partial charge in [-0.15, -0.1) is 0 Å². The standard InChI is InChI=1S/C15H28N2O2/c1-12(15(19)17-8-3-2-4-9-17)16-11-13-6-5-7-14(18)10-13/h12-14,16,18H,2-11H2,1H3. The Morgan fingerprint density at radius 2 is 2.00 bits per heavy atom. The van der Waals surface area contributed by atoms with Gasteiger partial charge in [0.05, 0.1) is 12.1 Å². The first-order chi connectivity index (χ1) is 9.16. The van der Waals surface area contributed by atoms with Gasteiger partial charge in [-0.05, 0) is 57.9 Å². The quantitative estimate of drug-likeness (QED) is 0.813.